The van der Waals surface area contributed by atoms with E-state index < -0.39 is 0 Å². The zero-order valence-electron chi connectivity index (χ0n) is 12.2. The van der Waals surface area contributed by atoms with E-state index in [-0.39, 0.29) is 17.7 Å². The molecule has 108 valence electrons. The van der Waals surface area contributed by atoms with Gasteiger partial charge in [-0.25, -0.2) is 0 Å². The summed E-state index contributed by atoms with van der Waals surface area (Å²) in [6.07, 6.45) is 2.96. The first-order valence-electron chi connectivity index (χ1n) is 6.83. The molecule has 1 amide bonds. The maximum absolute atomic E-state index is 11.8. The molecule has 1 aromatic heterocycles. The lowest BCUT2D eigenvalue weighted by molar-refractivity contribution is -0.118. The molecule has 0 spiro atoms. The Morgan fingerprint density at radius 3 is 2.55 bits per heavy atom. The van der Waals surface area contributed by atoms with Crippen LogP contribution in [0.3, 0.4) is 0 Å². The average Bonchev–Trinajstić information content (AvgIpc) is 2.46. The fourth-order valence-corrected chi connectivity index (χ4v) is 2.45. The van der Waals surface area contributed by atoms with Gasteiger partial charge in [0.05, 0.1) is 6.04 Å². The van der Waals surface area contributed by atoms with Crippen molar-refractivity contribution in [1.29, 1.82) is 0 Å². The van der Waals surface area contributed by atoms with E-state index in [4.69, 9.17) is 0 Å². The highest BCUT2D eigenvalue weighted by molar-refractivity contribution is 5.92. The van der Waals surface area contributed by atoms with Gasteiger partial charge in [0.1, 0.15) is 0 Å². The van der Waals surface area contributed by atoms with Gasteiger partial charge < -0.3 is 9.80 Å². The van der Waals surface area contributed by atoms with Crippen molar-refractivity contribution in [2.45, 2.75) is 32.2 Å². The molecule has 0 aromatic carbocycles. The van der Waals surface area contributed by atoms with Gasteiger partial charge in [-0.3, -0.25) is 9.59 Å². The van der Waals surface area contributed by atoms with Crippen molar-refractivity contribution in [3.8, 4) is 0 Å². The van der Waals surface area contributed by atoms with Crippen LogP contribution in [0.1, 0.15) is 36.7 Å². The molecule has 2 rings (SSSR count). The number of hydrogen-bond donors (Lipinski definition) is 0. The number of piperidine rings is 1. The van der Waals surface area contributed by atoms with Gasteiger partial charge in [0.15, 0.2) is 17.3 Å². The molecule has 2 heterocycles. The number of nitrogens with zero attached hydrogens (tertiary/aromatic N) is 4. The van der Waals surface area contributed by atoms with Gasteiger partial charge >= 0.3 is 0 Å². The second-order valence-corrected chi connectivity index (χ2v) is 5.29. The van der Waals surface area contributed by atoms with Crippen LogP contribution in [0.15, 0.2) is 12.1 Å². The van der Waals surface area contributed by atoms with Crippen molar-refractivity contribution in [3.05, 3.63) is 17.8 Å². The SMILES string of the molecule is CC(=O)C1CCCCN1c1ccc(C(=O)N(C)C)nn1. The van der Waals surface area contributed by atoms with Crippen molar-refractivity contribution in [2.75, 3.05) is 25.5 Å². The van der Waals surface area contributed by atoms with E-state index in [1.165, 1.54) is 4.90 Å². The molecule has 1 aliphatic rings. The third-order valence-electron chi connectivity index (χ3n) is 3.54. The summed E-state index contributed by atoms with van der Waals surface area (Å²) in [4.78, 5) is 26.9. The largest absolute Gasteiger partial charge is 0.345 e. The van der Waals surface area contributed by atoms with Crippen LogP contribution in [0.5, 0.6) is 0 Å². The standard InChI is InChI=1S/C14H20N4O2/c1-10(19)12-6-4-5-9-18(12)13-8-7-11(15-16-13)14(20)17(2)3/h7-8,12H,4-6,9H2,1-3H3. The van der Waals surface area contributed by atoms with Crippen LogP contribution in [0, 0.1) is 0 Å². The number of hydrogen-bond acceptors (Lipinski definition) is 5. The number of anilines is 1. The molecule has 6 heteroatoms. The van der Waals surface area contributed by atoms with Gasteiger partial charge in [-0.2, -0.15) is 0 Å². The molecule has 0 saturated carbocycles. The maximum atomic E-state index is 11.8. The summed E-state index contributed by atoms with van der Waals surface area (Å²) in [5, 5.41) is 8.09. The van der Waals surface area contributed by atoms with E-state index in [1.807, 2.05) is 4.90 Å². The molecule has 0 aliphatic carbocycles. The van der Waals surface area contributed by atoms with E-state index in [9.17, 15) is 9.59 Å². The average molecular weight is 276 g/mol. The third-order valence-corrected chi connectivity index (χ3v) is 3.54. The molecular weight excluding hydrogens is 256 g/mol. The van der Waals surface area contributed by atoms with Crippen LogP contribution in [0.2, 0.25) is 0 Å². The minimum absolute atomic E-state index is 0.117. The molecular formula is C14H20N4O2. The second-order valence-electron chi connectivity index (χ2n) is 5.29. The van der Waals surface area contributed by atoms with Gasteiger partial charge in [-0.05, 0) is 38.3 Å². The first-order valence-corrected chi connectivity index (χ1v) is 6.83. The lowest BCUT2D eigenvalue weighted by Crippen LogP contribution is -2.44. The molecule has 6 nitrogen and oxygen atoms in total. The number of amides is 1. The lowest BCUT2D eigenvalue weighted by Gasteiger charge is -2.34. The number of Topliss-reactive ketones (excluding diaryl/α,β-unsaturated/α-hetero) is 1. The minimum Gasteiger partial charge on any atom is -0.345 e. The minimum atomic E-state index is -0.175. The lowest BCUT2D eigenvalue weighted by atomic mass is 9.99. The topological polar surface area (TPSA) is 66.4 Å². The van der Waals surface area contributed by atoms with Gasteiger partial charge in [0, 0.05) is 20.6 Å². The quantitative estimate of drug-likeness (QED) is 0.828. The van der Waals surface area contributed by atoms with Crippen LogP contribution < -0.4 is 4.90 Å². The summed E-state index contributed by atoms with van der Waals surface area (Å²) >= 11 is 0. The van der Waals surface area contributed by atoms with E-state index in [0.29, 0.717) is 11.5 Å². The van der Waals surface area contributed by atoms with Gasteiger partial charge in [0.25, 0.3) is 5.91 Å². The summed E-state index contributed by atoms with van der Waals surface area (Å²) in [6.45, 7) is 2.42. The molecule has 0 radical (unpaired) electrons. The Hall–Kier alpha value is -1.98. The van der Waals surface area contributed by atoms with E-state index in [1.54, 1.807) is 33.2 Å². The van der Waals surface area contributed by atoms with Crippen LogP contribution in [0.25, 0.3) is 0 Å². The predicted molar refractivity (Wildman–Crippen MR) is 75.7 cm³/mol. The van der Waals surface area contributed by atoms with Crippen molar-refractivity contribution in [1.82, 2.24) is 15.1 Å². The monoisotopic (exact) mass is 276 g/mol. The van der Waals surface area contributed by atoms with E-state index in [2.05, 4.69) is 10.2 Å². The summed E-state index contributed by atoms with van der Waals surface area (Å²) in [6, 6.07) is 3.31. The van der Waals surface area contributed by atoms with Crippen molar-refractivity contribution in [2.24, 2.45) is 0 Å². The van der Waals surface area contributed by atoms with Gasteiger partial charge in [-0.1, -0.05) is 0 Å². The smallest absolute Gasteiger partial charge is 0.273 e. The number of rotatable bonds is 3. The molecule has 1 fully saturated rings. The summed E-state index contributed by atoms with van der Waals surface area (Å²) in [5.74, 6) is 0.644. The number of aromatic nitrogens is 2. The number of carbonyl (C=O) groups excluding carboxylic acids is 2. The van der Waals surface area contributed by atoms with E-state index >= 15 is 0 Å². The highest BCUT2D eigenvalue weighted by Crippen LogP contribution is 2.23. The second kappa shape index (κ2) is 5.98. The molecule has 1 atom stereocenters. The Morgan fingerprint density at radius 1 is 1.25 bits per heavy atom. The van der Waals surface area contributed by atoms with Crippen LogP contribution in [0.4, 0.5) is 5.82 Å². The molecule has 0 bridgehead atoms. The predicted octanol–water partition coefficient (Wildman–Crippen LogP) is 1.13. The molecule has 0 N–H and O–H groups in total. The Kier molecular flexibility index (Phi) is 4.32. The summed E-state index contributed by atoms with van der Waals surface area (Å²) in [5.41, 5.74) is 0.315. The van der Waals surface area contributed by atoms with Crippen LogP contribution in [-0.2, 0) is 4.79 Å². The molecule has 1 aromatic rings. The Morgan fingerprint density at radius 2 is 2.00 bits per heavy atom. The molecule has 1 unspecified atom stereocenters. The molecule has 20 heavy (non-hydrogen) atoms. The third kappa shape index (κ3) is 2.95. The van der Waals surface area contributed by atoms with Crippen molar-refractivity contribution >= 4 is 17.5 Å². The maximum Gasteiger partial charge on any atom is 0.273 e. The Balaban J connectivity index is 2.20. The van der Waals surface area contributed by atoms with Gasteiger partial charge in [0.2, 0.25) is 0 Å². The Bertz CT molecular complexity index is 498. The first-order chi connectivity index (χ1) is 9.50. The molecule has 1 saturated heterocycles. The fourth-order valence-electron chi connectivity index (χ4n) is 2.45. The van der Waals surface area contributed by atoms with Crippen molar-refractivity contribution in [3.63, 3.8) is 0 Å². The summed E-state index contributed by atoms with van der Waals surface area (Å²) in [7, 11) is 3.35. The Labute approximate surface area is 118 Å². The molecule has 1 aliphatic heterocycles. The highest BCUT2D eigenvalue weighted by Gasteiger charge is 2.27. The van der Waals surface area contributed by atoms with Gasteiger partial charge in [-0.15, -0.1) is 10.2 Å². The number of carbonyl (C=O) groups is 2. The zero-order chi connectivity index (χ0) is 14.7. The summed E-state index contributed by atoms with van der Waals surface area (Å²) < 4.78 is 0. The highest BCUT2D eigenvalue weighted by atomic mass is 16.2. The number of ketones is 1. The normalized spacial score (nSPS) is 18.8. The van der Waals surface area contributed by atoms with Crippen LogP contribution in [-0.4, -0.2) is 53.5 Å². The first kappa shape index (κ1) is 14.4. The van der Waals surface area contributed by atoms with Crippen molar-refractivity contribution < 1.29 is 9.59 Å². The van der Waals surface area contributed by atoms with Crippen LogP contribution >= 0.6 is 0 Å². The fraction of sp³-hybridized carbons (Fsp3) is 0.571. The van der Waals surface area contributed by atoms with E-state index in [0.717, 1.165) is 25.8 Å². The zero-order valence-corrected chi connectivity index (χ0v) is 12.2.